The van der Waals surface area contributed by atoms with Gasteiger partial charge >= 0.3 is 0 Å². The molecule has 2 N–H and O–H groups in total. The lowest BCUT2D eigenvalue weighted by Crippen LogP contribution is -1.86. The molecule has 0 amide bonds. The summed E-state index contributed by atoms with van der Waals surface area (Å²) in [6.07, 6.45) is 0. The van der Waals surface area contributed by atoms with Crippen molar-refractivity contribution in [1.29, 1.82) is 0 Å². The lowest BCUT2D eigenvalue weighted by molar-refractivity contribution is 1.34. The van der Waals surface area contributed by atoms with Gasteiger partial charge < -0.3 is 5.73 Å². The smallest absolute Gasteiger partial charge is 0.232 e. The Hall–Kier alpha value is -0.460. The topological polar surface area (TPSA) is 51.8 Å². The molecule has 0 radical (unpaired) electrons. The van der Waals surface area contributed by atoms with Crippen molar-refractivity contribution in [3.05, 3.63) is 27.1 Å². The minimum absolute atomic E-state index is 0.319. The quantitative estimate of drug-likeness (QED) is 0.870. The van der Waals surface area contributed by atoms with Crippen LogP contribution in [0.25, 0.3) is 10.6 Å². The van der Waals surface area contributed by atoms with Gasteiger partial charge in [0.1, 0.15) is 5.01 Å². The van der Waals surface area contributed by atoms with E-state index in [4.69, 9.17) is 5.73 Å². The molecule has 0 aliphatic carbocycles. The monoisotopic (exact) mass is 333 g/mol. The van der Waals surface area contributed by atoms with Gasteiger partial charge in [0.15, 0.2) is 0 Å². The first-order chi connectivity index (χ1) is 6.66. The molecular formula is C8H5Br2N3S. The fourth-order valence-corrected chi connectivity index (χ4v) is 3.00. The lowest BCUT2D eigenvalue weighted by Gasteiger charge is -1.99. The number of anilines is 1. The Morgan fingerprint density at radius 1 is 1.29 bits per heavy atom. The third kappa shape index (κ3) is 1.97. The van der Waals surface area contributed by atoms with E-state index in [2.05, 4.69) is 41.2 Å². The van der Waals surface area contributed by atoms with Crippen molar-refractivity contribution in [2.24, 2.45) is 0 Å². The number of nitrogen functional groups attached to an aromatic ring is 1. The first kappa shape index (κ1) is 10.1. The Balaban J connectivity index is 2.52. The lowest BCUT2D eigenvalue weighted by atomic mass is 10.2. The normalized spacial score (nSPS) is 10.4. The first-order valence-corrected chi connectivity index (χ1v) is 6.07. The van der Waals surface area contributed by atoms with Crippen LogP contribution in [0.5, 0.6) is 0 Å². The number of nitrogens with two attached hydrogens (primary N) is 1. The van der Waals surface area contributed by atoms with E-state index in [-0.39, 0.29) is 0 Å². The Morgan fingerprint density at radius 3 is 2.64 bits per heavy atom. The summed E-state index contributed by atoms with van der Waals surface area (Å²) in [5.41, 5.74) is 6.46. The summed E-state index contributed by atoms with van der Waals surface area (Å²) >= 11 is 8.14. The minimum atomic E-state index is 0.319. The zero-order valence-electron chi connectivity index (χ0n) is 6.87. The highest BCUT2D eigenvalue weighted by Crippen LogP contribution is 2.31. The van der Waals surface area contributed by atoms with Gasteiger partial charge in [0.2, 0.25) is 5.95 Å². The van der Waals surface area contributed by atoms with E-state index in [1.165, 1.54) is 11.5 Å². The molecule has 1 aromatic carbocycles. The van der Waals surface area contributed by atoms with Crippen molar-refractivity contribution in [3.63, 3.8) is 0 Å². The van der Waals surface area contributed by atoms with E-state index < -0.39 is 0 Å². The molecule has 72 valence electrons. The van der Waals surface area contributed by atoms with Crippen LogP contribution in [-0.2, 0) is 0 Å². The van der Waals surface area contributed by atoms with Gasteiger partial charge in [-0.25, -0.2) is 0 Å². The van der Waals surface area contributed by atoms with Gasteiger partial charge in [-0.1, -0.05) is 31.9 Å². The molecule has 1 aromatic heterocycles. The maximum absolute atomic E-state index is 5.46. The Labute approximate surface area is 102 Å². The highest BCUT2D eigenvalue weighted by atomic mass is 79.9. The summed E-state index contributed by atoms with van der Waals surface area (Å²) in [5.74, 6) is 0.319. The van der Waals surface area contributed by atoms with E-state index >= 15 is 0 Å². The van der Waals surface area contributed by atoms with Crippen LogP contribution in [0.1, 0.15) is 0 Å². The zero-order chi connectivity index (χ0) is 10.1. The third-order valence-corrected chi connectivity index (χ3v) is 3.52. The van der Waals surface area contributed by atoms with Gasteiger partial charge in [0.25, 0.3) is 0 Å². The first-order valence-electron chi connectivity index (χ1n) is 3.71. The molecule has 0 spiro atoms. The fourth-order valence-electron chi connectivity index (χ4n) is 1.01. The summed E-state index contributed by atoms with van der Waals surface area (Å²) in [6, 6.07) is 5.89. The molecule has 14 heavy (non-hydrogen) atoms. The van der Waals surface area contributed by atoms with Crippen molar-refractivity contribution < 1.29 is 0 Å². The molecule has 0 aliphatic rings. The van der Waals surface area contributed by atoms with Crippen molar-refractivity contribution in [1.82, 2.24) is 9.36 Å². The molecule has 3 nitrogen and oxygen atoms in total. The zero-order valence-corrected chi connectivity index (χ0v) is 10.9. The molecular weight excluding hydrogens is 330 g/mol. The second kappa shape index (κ2) is 3.96. The SMILES string of the molecule is Nc1nsc(-c2ccc(Br)cc2Br)n1. The molecule has 0 saturated carbocycles. The van der Waals surface area contributed by atoms with Crippen molar-refractivity contribution in [3.8, 4) is 10.6 Å². The van der Waals surface area contributed by atoms with Crippen LogP contribution in [0, 0.1) is 0 Å². The molecule has 0 bridgehead atoms. The van der Waals surface area contributed by atoms with Crippen LogP contribution in [0.4, 0.5) is 5.95 Å². The number of aromatic nitrogens is 2. The Kier molecular flexibility index (Phi) is 2.85. The summed E-state index contributed by atoms with van der Waals surface area (Å²) in [4.78, 5) is 4.11. The summed E-state index contributed by atoms with van der Waals surface area (Å²) in [6.45, 7) is 0. The van der Waals surface area contributed by atoms with E-state index in [0.29, 0.717) is 5.95 Å². The third-order valence-electron chi connectivity index (χ3n) is 1.60. The number of halogens is 2. The molecule has 2 aromatic rings. The number of benzene rings is 1. The van der Waals surface area contributed by atoms with Gasteiger partial charge in [0.05, 0.1) is 0 Å². The molecule has 0 aliphatic heterocycles. The van der Waals surface area contributed by atoms with Crippen LogP contribution in [0.2, 0.25) is 0 Å². The summed E-state index contributed by atoms with van der Waals surface area (Å²) < 4.78 is 5.93. The van der Waals surface area contributed by atoms with Crippen molar-refractivity contribution in [2.45, 2.75) is 0 Å². The molecule has 0 atom stereocenters. The fraction of sp³-hybridized carbons (Fsp3) is 0. The van der Waals surface area contributed by atoms with Crippen LogP contribution in [0.15, 0.2) is 27.1 Å². The molecule has 0 saturated heterocycles. The maximum Gasteiger partial charge on any atom is 0.232 e. The molecule has 0 fully saturated rings. The van der Waals surface area contributed by atoms with Crippen LogP contribution in [0.3, 0.4) is 0 Å². The Bertz CT molecular complexity index is 469. The van der Waals surface area contributed by atoms with Gasteiger partial charge in [-0.05, 0) is 29.7 Å². The second-order valence-corrected chi connectivity index (χ2v) is 5.10. The van der Waals surface area contributed by atoms with E-state index in [0.717, 1.165) is 19.5 Å². The summed E-state index contributed by atoms with van der Waals surface area (Å²) in [5, 5.41) is 0.821. The average Bonchev–Trinajstić information content (AvgIpc) is 2.51. The number of hydrogen-bond acceptors (Lipinski definition) is 4. The standard InChI is InChI=1S/C8H5Br2N3S/c9-4-1-2-5(6(10)3-4)7-12-8(11)13-14-7/h1-3H,(H2,11,13). The number of nitrogens with zero attached hydrogens (tertiary/aromatic N) is 2. The summed E-state index contributed by atoms with van der Waals surface area (Å²) in [7, 11) is 0. The predicted octanol–water partition coefficient (Wildman–Crippen LogP) is 3.31. The van der Waals surface area contributed by atoms with Gasteiger partial charge in [-0.15, -0.1) is 0 Å². The molecule has 0 unspecified atom stereocenters. The van der Waals surface area contributed by atoms with E-state index in [1.54, 1.807) is 0 Å². The van der Waals surface area contributed by atoms with Crippen LogP contribution in [-0.4, -0.2) is 9.36 Å². The van der Waals surface area contributed by atoms with Crippen molar-refractivity contribution in [2.75, 3.05) is 5.73 Å². The molecule has 1 heterocycles. The minimum Gasteiger partial charge on any atom is -0.367 e. The number of hydrogen-bond donors (Lipinski definition) is 1. The number of rotatable bonds is 1. The largest absolute Gasteiger partial charge is 0.367 e. The highest BCUT2D eigenvalue weighted by Gasteiger charge is 2.08. The Morgan fingerprint density at radius 2 is 2.07 bits per heavy atom. The molecule has 2 rings (SSSR count). The van der Waals surface area contributed by atoms with Gasteiger partial charge in [-0.3, -0.25) is 0 Å². The van der Waals surface area contributed by atoms with Crippen molar-refractivity contribution >= 4 is 49.3 Å². The maximum atomic E-state index is 5.46. The van der Waals surface area contributed by atoms with Crippen LogP contribution >= 0.6 is 43.4 Å². The van der Waals surface area contributed by atoms with E-state index in [1.807, 2.05) is 18.2 Å². The average molecular weight is 335 g/mol. The van der Waals surface area contributed by atoms with Gasteiger partial charge in [0, 0.05) is 14.5 Å². The second-order valence-electron chi connectivity index (χ2n) is 2.58. The predicted molar refractivity (Wildman–Crippen MR) is 65.2 cm³/mol. The van der Waals surface area contributed by atoms with Gasteiger partial charge in [-0.2, -0.15) is 9.36 Å². The van der Waals surface area contributed by atoms with E-state index in [9.17, 15) is 0 Å². The molecule has 6 heteroatoms. The van der Waals surface area contributed by atoms with Crippen LogP contribution < -0.4 is 5.73 Å². The highest BCUT2D eigenvalue weighted by molar-refractivity contribution is 9.11.